The van der Waals surface area contributed by atoms with Crippen LogP contribution in [0.25, 0.3) is 0 Å². The summed E-state index contributed by atoms with van der Waals surface area (Å²) in [7, 11) is -12.7. The van der Waals surface area contributed by atoms with Crippen LogP contribution < -0.4 is 0 Å². The Labute approximate surface area is 90.9 Å². The molecule has 14 heteroatoms. The van der Waals surface area contributed by atoms with Gasteiger partial charge in [0.05, 0.1) is 0 Å². The Morgan fingerprint density at radius 1 is 1.00 bits per heavy atom. The monoisotopic (exact) mass is 310 g/mol. The molecule has 0 saturated carbocycles. The Morgan fingerprint density at radius 3 is 1.59 bits per heavy atom. The smallest absolute Gasteiger partial charge is 0.378 e. The van der Waals surface area contributed by atoms with E-state index in [2.05, 4.69) is 3.63 Å². The van der Waals surface area contributed by atoms with Gasteiger partial charge in [-0.1, -0.05) is 0 Å². The second kappa shape index (κ2) is 4.27. The highest BCUT2D eigenvalue weighted by molar-refractivity contribution is 7.98. The Bertz CT molecular complexity index is 474. The van der Waals surface area contributed by atoms with Gasteiger partial charge in [0.2, 0.25) is 6.10 Å². The summed E-state index contributed by atoms with van der Waals surface area (Å²) in [6, 6.07) is 0. The second-order valence-electron chi connectivity index (χ2n) is 2.46. The van der Waals surface area contributed by atoms with Crippen LogP contribution in [0.1, 0.15) is 0 Å². The Morgan fingerprint density at radius 2 is 1.35 bits per heavy atom. The molecule has 0 radical (unpaired) electrons. The fourth-order valence-electron chi connectivity index (χ4n) is 0.486. The molecule has 104 valence electrons. The van der Waals surface area contributed by atoms with Gasteiger partial charge in [-0.2, -0.15) is 38.8 Å². The third kappa shape index (κ3) is 3.98. The van der Waals surface area contributed by atoms with Gasteiger partial charge in [-0.15, -0.1) is 3.63 Å². The van der Waals surface area contributed by atoms with Crippen molar-refractivity contribution in [3.63, 3.8) is 0 Å². The molecule has 0 rings (SSSR count). The first-order chi connectivity index (χ1) is 7.11. The number of halogens is 5. The summed E-state index contributed by atoms with van der Waals surface area (Å²) in [4.78, 5) is 0. The molecule has 17 heavy (non-hydrogen) atoms. The molecule has 0 aromatic heterocycles. The van der Waals surface area contributed by atoms with Crippen LogP contribution in [-0.4, -0.2) is 44.0 Å². The van der Waals surface area contributed by atoms with E-state index in [4.69, 9.17) is 9.66 Å². The van der Waals surface area contributed by atoms with Crippen molar-refractivity contribution >= 4 is 20.5 Å². The standard InChI is InChI=1S/C3H3F5O7S2/c4-2(5,6)1(9)3(7,8)16(10,11)15-17(12,13)14/h1,9H,(H,12,13,14). The zero-order valence-electron chi connectivity index (χ0n) is 7.22. The van der Waals surface area contributed by atoms with Gasteiger partial charge in [-0.05, 0) is 0 Å². The van der Waals surface area contributed by atoms with Crippen molar-refractivity contribution in [1.82, 2.24) is 0 Å². The number of aliphatic hydroxyl groups excluding tert-OH is 1. The molecular formula is C3H3F5O7S2. The fourth-order valence-corrected chi connectivity index (χ4v) is 2.16. The van der Waals surface area contributed by atoms with E-state index in [-0.39, 0.29) is 0 Å². The lowest BCUT2D eigenvalue weighted by Crippen LogP contribution is -2.50. The first-order valence-electron chi connectivity index (χ1n) is 3.17. The molecule has 0 saturated heterocycles. The lowest BCUT2D eigenvalue weighted by atomic mass is 10.4. The van der Waals surface area contributed by atoms with Crippen LogP contribution in [0.4, 0.5) is 22.0 Å². The van der Waals surface area contributed by atoms with Gasteiger partial charge in [0.1, 0.15) is 0 Å². The summed E-state index contributed by atoms with van der Waals surface area (Å²) < 4.78 is 111. The summed E-state index contributed by atoms with van der Waals surface area (Å²) in [5.74, 6) is 0. The van der Waals surface area contributed by atoms with Crippen molar-refractivity contribution in [2.75, 3.05) is 0 Å². The first-order valence-corrected chi connectivity index (χ1v) is 5.94. The minimum atomic E-state index is -6.74. The Kier molecular flexibility index (Phi) is 4.13. The highest BCUT2D eigenvalue weighted by Crippen LogP contribution is 2.37. The lowest BCUT2D eigenvalue weighted by molar-refractivity contribution is -0.248. The predicted molar refractivity (Wildman–Crippen MR) is 38.6 cm³/mol. The molecular weight excluding hydrogens is 307 g/mol. The van der Waals surface area contributed by atoms with Crippen molar-refractivity contribution in [2.45, 2.75) is 17.5 Å². The zero-order chi connectivity index (χ0) is 14.3. The van der Waals surface area contributed by atoms with E-state index in [0.29, 0.717) is 0 Å². The largest absolute Gasteiger partial charge is 0.421 e. The quantitative estimate of drug-likeness (QED) is 0.538. The maximum atomic E-state index is 12.6. The van der Waals surface area contributed by atoms with E-state index in [1.54, 1.807) is 0 Å². The molecule has 0 aliphatic heterocycles. The van der Waals surface area contributed by atoms with E-state index in [1.165, 1.54) is 0 Å². The molecule has 0 aliphatic carbocycles. The van der Waals surface area contributed by atoms with Gasteiger partial charge in [-0.25, -0.2) is 0 Å². The number of hydrogen-bond donors (Lipinski definition) is 2. The second-order valence-corrected chi connectivity index (χ2v) is 5.31. The Hall–Kier alpha value is -0.570. The number of hydrogen-bond acceptors (Lipinski definition) is 6. The first kappa shape index (κ1) is 16.4. The molecule has 0 fully saturated rings. The van der Waals surface area contributed by atoms with E-state index in [9.17, 15) is 38.8 Å². The third-order valence-electron chi connectivity index (χ3n) is 1.14. The average Bonchev–Trinajstić information content (AvgIpc) is 1.95. The third-order valence-corrected chi connectivity index (χ3v) is 3.43. The van der Waals surface area contributed by atoms with Crippen LogP contribution in [0.5, 0.6) is 0 Å². The average molecular weight is 310 g/mol. The van der Waals surface area contributed by atoms with Crippen LogP contribution in [0.3, 0.4) is 0 Å². The normalized spacial score (nSPS) is 16.9. The van der Waals surface area contributed by atoms with Crippen LogP contribution in [0.2, 0.25) is 0 Å². The highest BCUT2D eigenvalue weighted by Gasteiger charge is 2.64. The summed E-state index contributed by atoms with van der Waals surface area (Å²) in [5, 5.41) is 2.02. The van der Waals surface area contributed by atoms with Crippen LogP contribution in [0.15, 0.2) is 0 Å². The van der Waals surface area contributed by atoms with Crippen molar-refractivity contribution < 1.29 is 52.1 Å². The van der Waals surface area contributed by atoms with Crippen molar-refractivity contribution in [2.24, 2.45) is 0 Å². The molecule has 0 bridgehead atoms. The predicted octanol–water partition coefficient (Wildman–Crippen LogP) is -0.348. The molecule has 7 nitrogen and oxygen atoms in total. The fraction of sp³-hybridized carbons (Fsp3) is 1.00. The zero-order valence-corrected chi connectivity index (χ0v) is 8.85. The van der Waals surface area contributed by atoms with Crippen LogP contribution >= 0.6 is 0 Å². The molecule has 0 aromatic carbocycles. The highest BCUT2D eigenvalue weighted by atomic mass is 32.3. The van der Waals surface area contributed by atoms with Gasteiger partial charge in [0, 0.05) is 0 Å². The van der Waals surface area contributed by atoms with Gasteiger partial charge >= 0.3 is 31.9 Å². The minimum Gasteiger partial charge on any atom is -0.378 e. The summed E-state index contributed by atoms with van der Waals surface area (Å²) >= 11 is 0. The van der Waals surface area contributed by atoms with Crippen molar-refractivity contribution in [3.05, 3.63) is 0 Å². The maximum absolute atomic E-state index is 12.6. The van der Waals surface area contributed by atoms with E-state index >= 15 is 0 Å². The van der Waals surface area contributed by atoms with E-state index < -0.39 is 38.1 Å². The molecule has 2 N–H and O–H groups in total. The van der Waals surface area contributed by atoms with E-state index in [1.807, 2.05) is 0 Å². The molecule has 0 aromatic rings. The van der Waals surface area contributed by atoms with E-state index in [0.717, 1.165) is 0 Å². The molecule has 1 unspecified atom stereocenters. The number of aliphatic hydroxyl groups is 1. The van der Waals surface area contributed by atoms with Crippen LogP contribution in [-0.2, 0) is 24.1 Å². The van der Waals surface area contributed by atoms with Crippen molar-refractivity contribution in [1.29, 1.82) is 0 Å². The summed E-state index contributed by atoms with van der Waals surface area (Å²) in [6.45, 7) is 0. The van der Waals surface area contributed by atoms with Gasteiger partial charge in [0.25, 0.3) is 0 Å². The summed E-state index contributed by atoms with van der Waals surface area (Å²) in [5.41, 5.74) is 0. The SMILES string of the molecule is O=S(=O)(O)OS(=O)(=O)C(F)(F)C(O)C(F)(F)F. The molecule has 0 aliphatic rings. The maximum Gasteiger partial charge on any atom is 0.421 e. The molecule has 0 heterocycles. The van der Waals surface area contributed by atoms with Crippen molar-refractivity contribution in [3.8, 4) is 0 Å². The topological polar surface area (TPSA) is 118 Å². The molecule has 0 amide bonds. The Balaban J connectivity index is 5.48. The molecule has 0 spiro atoms. The van der Waals surface area contributed by atoms with Gasteiger partial charge < -0.3 is 5.11 Å². The molecule has 1 atom stereocenters. The van der Waals surface area contributed by atoms with Gasteiger partial charge in [-0.3, -0.25) is 4.55 Å². The lowest BCUT2D eigenvalue weighted by Gasteiger charge is -2.22. The minimum absolute atomic E-state index is 2.40. The van der Waals surface area contributed by atoms with Crippen LogP contribution in [0, 0.1) is 0 Å². The number of alkyl halides is 5. The number of rotatable bonds is 4. The van der Waals surface area contributed by atoms with Gasteiger partial charge in [0.15, 0.2) is 0 Å². The summed E-state index contributed by atoms with van der Waals surface area (Å²) in [6.07, 6.45) is -10.8.